The summed E-state index contributed by atoms with van der Waals surface area (Å²) < 4.78 is 26.7. The predicted octanol–water partition coefficient (Wildman–Crippen LogP) is 1.14. The largest absolute Gasteiger partial charge is 0.370 e. The van der Waals surface area contributed by atoms with Gasteiger partial charge in [0.1, 0.15) is 6.07 Å². The van der Waals surface area contributed by atoms with Crippen LogP contribution < -0.4 is 10.5 Å². The smallest absolute Gasteiger partial charge is 0.241 e. The lowest BCUT2D eigenvalue weighted by molar-refractivity contribution is -0.119. The maximum Gasteiger partial charge on any atom is 0.241 e. The highest BCUT2D eigenvalue weighted by Crippen LogP contribution is 2.22. The number of halogens is 1. The molecule has 0 unspecified atom stereocenters. The number of nitrogens with two attached hydrogens (primary N) is 1. The van der Waals surface area contributed by atoms with E-state index in [1.807, 2.05) is 6.07 Å². The van der Waals surface area contributed by atoms with E-state index in [0.29, 0.717) is 0 Å². The van der Waals surface area contributed by atoms with Gasteiger partial charge in [0, 0.05) is 12.0 Å². The number of nitrogens with one attached hydrogen (secondary N) is 1. The first-order valence-electron chi connectivity index (χ1n) is 5.59. The number of nitriles is 1. The van der Waals surface area contributed by atoms with Gasteiger partial charge in [-0.15, -0.1) is 0 Å². The fourth-order valence-corrected chi connectivity index (χ4v) is 3.37. The summed E-state index contributed by atoms with van der Waals surface area (Å²) >= 11 is 5.80. The third-order valence-corrected chi connectivity index (χ3v) is 4.41. The zero-order chi connectivity index (χ0) is 15.6. The second-order valence-electron chi connectivity index (χ2n) is 4.89. The molecule has 0 bridgehead atoms. The summed E-state index contributed by atoms with van der Waals surface area (Å²) in [7, 11) is -3.86. The van der Waals surface area contributed by atoms with E-state index in [2.05, 4.69) is 4.72 Å². The summed E-state index contributed by atoms with van der Waals surface area (Å²) in [6.07, 6.45) is -0.143. The maximum atomic E-state index is 12.2. The fourth-order valence-electron chi connectivity index (χ4n) is 1.65. The third-order valence-electron chi connectivity index (χ3n) is 2.40. The van der Waals surface area contributed by atoms with E-state index in [-0.39, 0.29) is 21.9 Å². The molecule has 0 saturated carbocycles. The highest BCUT2D eigenvalue weighted by Gasteiger charge is 2.28. The summed E-state index contributed by atoms with van der Waals surface area (Å²) in [5.74, 6) is -0.615. The number of carbonyl (C=O) groups is 1. The molecule has 8 heteroatoms. The molecule has 0 aliphatic rings. The second-order valence-corrected chi connectivity index (χ2v) is 6.98. The first-order chi connectivity index (χ1) is 9.07. The van der Waals surface area contributed by atoms with Crippen LogP contribution in [0.15, 0.2) is 23.1 Å². The van der Waals surface area contributed by atoms with Gasteiger partial charge in [-0.25, -0.2) is 13.1 Å². The van der Waals surface area contributed by atoms with Crippen molar-refractivity contribution >= 4 is 27.5 Å². The molecule has 3 N–H and O–H groups in total. The van der Waals surface area contributed by atoms with Crippen molar-refractivity contribution in [3.63, 3.8) is 0 Å². The molecular weight excluding hydrogens is 302 g/mol. The number of sulfonamides is 1. The van der Waals surface area contributed by atoms with Crippen LogP contribution >= 0.6 is 11.6 Å². The van der Waals surface area contributed by atoms with Gasteiger partial charge in [0.15, 0.2) is 0 Å². The predicted molar refractivity (Wildman–Crippen MR) is 74.4 cm³/mol. The molecule has 6 nitrogen and oxygen atoms in total. The average molecular weight is 316 g/mol. The topological polar surface area (TPSA) is 113 Å². The number of hydrogen-bond donors (Lipinski definition) is 2. The van der Waals surface area contributed by atoms with Gasteiger partial charge in [0.25, 0.3) is 0 Å². The van der Waals surface area contributed by atoms with Gasteiger partial charge in [-0.3, -0.25) is 4.79 Å². The molecule has 0 saturated heterocycles. The standard InChI is InChI=1S/C12H14ClN3O3S/c1-12(2,6-11(15)17)16-20(18,19)9-4-3-8(7-14)10(13)5-9/h3-5,16H,6H2,1-2H3,(H2,15,17). The van der Waals surface area contributed by atoms with Crippen molar-refractivity contribution < 1.29 is 13.2 Å². The molecule has 0 radical (unpaired) electrons. The van der Waals surface area contributed by atoms with Crippen LogP contribution in [0.25, 0.3) is 0 Å². The molecule has 20 heavy (non-hydrogen) atoms. The molecule has 0 fully saturated rings. The molecule has 0 spiro atoms. The first kappa shape index (κ1) is 16.4. The van der Waals surface area contributed by atoms with Crippen molar-refractivity contribution in [2.75, 3.05) is 0 Å². The van der Waals surface area contributed by atoms with Gasteiger partial charge in [-0.2, -0.15) is 5.26 Å². The van der Waals surface area contributed by atoms with Crippen LogP contribution in [0.3, 0.4) is 0 Å². The minimum atomic E-state index is -3.86. The summed E-state index contributed by atoms with van der Waals surface area (Å²) in [5.41, 5.74) is 4.23. The molecular formula is C12H14ClN3O3S. The van der Waals surface area contributed by atoms with Gasteiger partial charge in [-0.05, 0) is 32.0 Å². The van der Waals surface area contributed by atoms with Crippen LogP contribution in [0, 0.1) is 11.3 Å². The van der Waals surface area contributed by atoms with Gasteiger partial charge in [0.2, 0.25) is 15.9 Å². The minimum absolute atomic E-state index is 0.0445. The molecule has 1 rings (SSSR count). The normalized spacial score (nSPS) is 11.9. The summed E-state index contributed by atoms with van der Waals surface area (Å²) in [6, 6.07) is 5.61. The number of primary amides is 1. The molecule has 1 aromatic rings. The Kier molecular flexibility index (Phi) is 4.76. The number of rotatable bonds is 5. The van der Waals surface area contributed by atoms with Crippen LogP contribution in [0.1, 0.15) is 25.8 Å². The Balaban J connectivity index is 3.09. The average Bonchev–Trinajstić information content (AvgIpc) is 2.25. The van der Waals surface area contributed by atoms with Crippen molar-refractivity contribution in [3.8, 4) is 6.07 Å². The summed E-state index contributed by atoms with van der Waals surface area (Å²) in [6.45, 7) is 3.08. The number of hydrogen-bond acceptors (Lipinski definition) is 4. The van der Waals surface area contributed by atoms with E-state index in [0.717, 1.165) is 0 Å². The minimum Gasteiger partial charge on any atom is -0.370 e. The SMILES string of the molecule is CC(C)(CC(N)=O)NS(=O)(=O)c1ccc(C#N)c(Cl)c1. The molecule has 1 amide bonds. The number of nitrogens with zero attached hydrogens (tertiary/aromatic N) is 1. The number of amides is 1. The Morgan fingerprint density at radius 3 is 2.55 bits per heavy atom. The van der Waals surface area contributed by atoms with Crippen molar-refractivity contribution in [1.82, 2.24) is 4.72 Å². The van der Waals surface area contributed by atoms with Crippen LogP contribution in [0.5, 0.6) is 0 Å². The molecule has 1 aromatic carbocycles. The molecule has 0 heterocycles. The van der Waals surface area contributed by atoms with E-state index in [9.17, 15) is 13.2 Å². The Morgan fingerprint density at radius 2 is 2.10 bits per heavy atom. The maximum absolute atomic E-state index is 12.2. The fraction of sp³-hybridized carbons (Fsp3) is 0.333. The van der Waals surface area contributed by atoms with Crippen LogP contribution in [-0.4, -0.2) is 19.9 Å². The van der Waals surface area contributed by atoms with Crippen molar-refractivity contribution in [1.29, 1.82) is 5.26 Å². The number of carbonyl (C=O) groups excluding carboxylic acids is 1. The monoisotopic (exact) mass is 315 g/mol. The first-order valence-corrected chi connectivity index (χ1v) is 7.45. The Hall–Kier alpha value is -1.62. The number of benzene rings is 1. The van der Waals surface area contributed by atoms with E-state index < -0.39 is 21.5 Å². The van der Waals surface area contributed by atoms with Crippen molar-refractivity contribution in [3.05, 3.63) is 28.8 Å². The van der Waals surface area contributed by atoms with E-state index in [1.165, 1.54) is 18.2 Å². The van der Waals surface area contributed by atoms with E-state index in [4.69, 9.17) is 22.6 Å². The molecule has 108 valence electrons. The lowest BCUT2D eigenvalue weighted by Gasteiger charge is -2.24. The van der Waals surface area contributed by atoms with Crippen LogP contribution in [-0.2, 0) is 14.8 Å². The Labute approximate surface area is 122 Å². The highest BCUT2D eigenvalue weighted by atomic mass is 35.5. The van der Waals surface area contributed by atoms with Crippen LogP contribution in [0.2, 0.25) is 5.02 Å². The lowest BCUT2D eigenvalue weighted by Crippen LogP contribution is -2.45. The van der Waals surface area contributed by atoms with Gasteiger partial charge >= 0.3 is 0 Å². The molecule has 0 aliphatic heterocycles. The second kappa shape index (κ2) is 5.79. The summed E-state index contributed by atoms with van der Waals surface area (Å²) in [5, 5.41) is 8.79. The highest BCUT2D eigenvalue weighted by molar-refractivity contribution is 7.89. The van der Waals surface area contributed by atoms with E-state index in [1.54, 1.807) is 13.8 Å². The molecule has 0 atom stereocenters. The van der Waals surface area contributed by atoms with Gasteiger partial charge in [0.05, 0.1) is 15.5 Å². The zero-order valence-electron chi connectivity index (χ0n) is 11.0. The molecule has 0 aromatic heterocycles. The Bertz CT molecular complexity index is 678. The van der Waals surface area contributed by atoms with Crippen molar-refractivity contribution in [2.24, 2.45) is 5.73 Å². The molecule has 0 aliphatic carbocycles. The van der Waals surface area contributed by atoms with Gasteiger partial charge < -0.3 is 5.73 Å². The van der Waals surface area contributed by atoms with Crippen LogP contribution in [0.4, 0.5) is 0 Å². The van der Waals surface area contributed by atoms with Crippen molar-refractivity contribution in [2.45, 2.75) is 30.7 Å². The lowest BCUT2D eigenvalue weighted by atomic mass is 10.0. The zero-order valence-corrected chi connectivity index (χ0v) is 12.5. The quantitative estimate of drug-likeness (QED) is 0.848. The summed E-state index contributed by atoms with van der Waals surface area (Å²) in [4.78, 5) is 10.8. The van der Waals surface area contributed by atoms with E-state index >= 15 is 0 Å². The van der Waals surface area contributed by atoms with Gasteiger partial charge in [-0.1, -0.05) is 11.6 Å². The third kappa shape index (κ3) is 4.20. The Morgan fingerprint density at radius 1 is 1.50 bits per heavy atom.